The van der Waals surface area contributed by atoms with Crippen molar-refractivity contribution in [2.45, 2.75) is 92.1 Å². The summed E-state index contributed by atoms with van der Waals surface area (Å²) in [5.41, 5.74) is 0.967. The highest BCUT2D eigenvalue weighted by Crippen LogP contribution is 2.46. The number of hydrogen-bond acceptors (Lipinski definition) is 26. The van der Waals surface area contributed by atoms with Gasteiger partial charge in [0.05, 0.1) is 40.1 Å². The number of esters is 2. The van der Waals surface area contributed by atoms with E-state index in [4.69, 9.17) is 56.8 Å². The second kappa shape index (κ2) is 25.1. The second-order valence-corrected chi connectivity index (χ2v) is 18.2. The summed E-state index contributed by atoms with van der Waals surface area (Å²) in [6.07, 6.45) is -21.1. The predicted octanol–water partition coefficient (Wildman–Crippen LogP) is -0.00350. The lowest BCUT2D eigenvalue weighted by Crippen LogP contribution is -2.63. The van der Waals surface area contributed by atoms with Crippen LogP contribution in [0.25, 0.3) is 18.2 Å². The molecule has 426 valence electrons. The van der Waals surface area contributed by atoms with Crippen LogP contribution in [-0.2, 0) is 42.7 Å². The van der Waals surface area contributed by atoms with Crippen LogP contribution in [0.4, 0.5) is 0 Å². The highest BCUT2D eigenvalue weighted by atomic mass is 16.8. The highest BCUT2D eigenvalue weighted by Gasteiger charge is 2.52. The Morgan fingerprint density at radius 1 is 0.620 bits per heavy atom. The van der Waals surface area contributed by atoms with Gasteiger partial charge >= 0.3 is 11.9 Å². The predicted molar refractivity (Wildman–Crippen MR) is 265 cm³/mol. The molecule has 26 heteroatoms. The van der Waals surface area contributed by atoms with E-state index in [1.54, 1.807) is 0 Å². The van der Waals surface area contributed by atoms with E-state index in [0.717, 1.165) is 18.2 Å². The maximum Gasteiger partial charge on any atom is 0.331 e. The molecule has 0 spiro atoms. The summed E-state index contributed by atoms with van der Waals surface area (Å²) in [7, 11) is 3.93. The van der Waals surface area contributed by atoms with Gasteiger partial charge in [0.2, 0.25) is 18.3 Å². The quantitative estimate of drug-likeness (QED) is 0.0461. The maximum absolute atomic E-state index is 13.4. The van der Waals surface area contributed by atoms with Crippen molar-refractivity contribution < 1.29 is 128 Å². The monoisotopic (exact) mass is 1110 g/mol. The van der Waals surface area contributed by atoms with E-state index in [1.807, 2.05) is 0 Å². The Balaban J connectivity index is 1.13. The minimum Gasteiger partial charge on any atom is -0.508 e. The number of phenols is 4. The molecule has 15 atom stereocenters. The third kappa shape index (κ3) is 13.0. The van der Waals surface area contributed by atoms with Gasteiger partial charge in [-0.05, 0) is 65.8 Å². The van der Waals surface area contributed by atoms with Crippen LogP contribution in [-0.4, -0.2) is 200 Å². The fraction of sp³-hybridized carbons (Fsp3) is 0.396. The molecule has 12 N–H and O–H groups in total. The minimum absolute atomic E-state index is 0.00630. The number of fused-ring (bicyclic) bond motifs is 1. The van der Waals surface area contributed by atoms with Crippen LogP contribution < -0.4 is 23.7 Å². The average Bonchev–Trinajstić information content (AvgIpc) is 3.53. The first kappa shape index (κ1) is 57.7. The molecule has 0 aromatic heterocycles. The Labute approximate surface area is 448 Å². The van der Waals surface area contributed by atoms with Gasteiger partial charge in [-0.2, -0.15) is 0 Å². The van der Waals surface area contributed by atoms with Crippen molar-refractivity contribution in [1.29, 1.82) is 0 Å². The van der Waals surface area contributed by atoms with Gasteiger partial charge in [-0.3, -0.25) is 0 Å². The van der Waals surface area contributed by atoms with Gasteiger partial charge in [-0.25, -0.2) is 9.59 Å². The Morgan fingerprint density at radius 2 is 1.27 bits per heavy atom. The molecule has 79 heavy (non-hydrogen) atoms. The number of carbonyl (C=O) groups excluding carboxylic acids is 2. The molecular formula is C53H58O26. The summed E-state index contributed by atoms with van der Waals surface area (Å²) >= 11 is 0. The number of ether oxygens (including phenoxy) is 12. The van der Waals surface area contributed by atoms with Gasteiger partial charge in [-0.1, -0.05) is 18.2 Å². The second-order valence-electron chi connectivity index (χ2n) is 18.2. The summed E-state index contributed by atoms with van der Waals surface area (Å²) in [6.45, 7) is -2.17. The number of rotatable bonds is 18. The first-order valence-electron chi connectivity index (χ1n) is 24.2. The van der Waals surface area contributed by atoms with Gasteiger partial charge < -0.3 is 118 Å². The largest absolute Gasteiger partial charge is 0.508 e. The topological polar surface area (TPSA) is 388 Å². The Kier molecular flexibility index (Phi) is 18.4. The van der Waals surface area contributed by atoms with Crippen LogP contribution in [0.1, 0.15) is 28.4 Å². The lowest BCUT2D eigenvalue weighted by Gasteiger charge is -2.45. The fourth-order valence-corrected chi connectivity index (χ4v) is 8.70. The van der Waals surface area contributed by atoms with E-state index in [9.17, 15) is 70.9 Å². The maximum atomic E-state index is 13.4. The van der Waals surface area contributed by atoms with E-state index in [2.05, 4.69) is 0 Å². The molecule has 26 nitrogen and oxygen atoms in total. The van der Waals surface area contributed by atoms with E-state index in [1.165, 1.54) is 100 Å². The number of aromatic hydroxyl groups is 4. The van der Waals surface area contributed by atoms with Crippen molar-refractivity contribution in [3.05, 3.63) is 107 Å². The number of aliphatic hydroxyl groups excluding tert-OH is 8. The smallest absolute Gasteiger partial charge is 0.331 e. The number of aliphatic hydroxyl groups is 8. The number of benzene rings is 4. The standard InChI is InChI=1S/C53H58O26/c1-68-33-14-23(4-11-29(33)57)5-12-39(59)71-22-38-44(64)46(66)50(79-52-49(41(61)30(58)21-72-52)78-40(60)13-6-24-15-34(69-2)42(62)35(16-24)70-3)53(77-38)75-36-19-28-31(73-48(36)25-7-9-26(55)10-8-25)17-27(56)18-32(28)74-51-47(67)45(65)43(63)37(20-54)76-51/h4-19,30,37-38,41,43-58,61-67H,20-22H2,1-3H3. The molecule has 4 aliphatic rings. The molecule has 8 rings (SSSR count). The molecule has 3 fully saturated rings. The van der Waals surface area contributed by atoms with Crippen molar-refractivity contribution in [1.82, 2.24) is 0 Å². The number of carbonyl (C=O) groups is 2. The Morgan fingerprint density at radius 3 is 1.95 bits per heavy atom. The van der Waals surface area contributed by atoms with Gasteiger partial charge in [0, 0.05) is 29.8 Å². The van der Waals surface area contributed by atoms with E-state index >= 15 is 0 Å². The third-order valence-corrected chi connectivity index (χ3v) is 13.0. The highest BCUT2D eigenvalue weighted by molar-refractivity contribution is 5.88. The molecule has 4 heterocycles. The van der Waals surface area contributed by atoms with Crippen molar-refractivity contribution in [2.24, 2.45) is 0 Å². The molecule has 0 amide bonds. The van der Waals surface area contributed by atoms with Gasteiger partial charge in [0.15, 0.2) is 47.6 Å². The molecule has 4 aromatic rings. The molecule has 0 bridgehead atoms. The zero-order chi connectivity index (χ0) is 56.8. The minimum atomic E-state index is -2.09. The first-order valence-corrected chi connectivity index (χ1v) is 24.2. The van der Waals surface area contributed by atoms with Crippen molar-refractivity contribution in [2.75, 3.05) is 41.2 Å². The van der Waals surface area contributed by atoms with E-state index in [0.29, 0.717) is 11.1 Å². The van der Waals surface area contributed by atoms with E-state index in [-0.39, 0.29) is 62.9 Å². The summed E-state index contributed by atoms with van der Waals surface area (Å²) in [5.74, 6) is -3.61. The fourth-order valence-electron chi connectivity index (χ4n) is 8.70. The van der Waals surface area contributed by atoms with Crippen molar-refractivity contribution in [3.63, 3.8) is 0 Å². The first-order chi connectivity index (χ1) is 37.8. The number of hydrogen-bond donors (Lipinski definition) is 12. The number of phenolic OH excluding ortho intramolecular Hbond substituents is 4. The summed E-state index contributed by atoms with van der Waals surface area (Å²) in [5, 5.41) is 129. The zero-order valence-electron chi connectivity index (χ0n) is 42.1. The molecular weight excluding hydrogens is 1050 g/mol. The molecule has 4 aromatic carbocycles. The molecule has 0 saturated carbocycles. The van der Waals surface area contributed by atoms with Crippen LogP contribution in [0.3, 0.4) is 0 Å². The normalized spacial score (nSPS) is 29.7. The molecule has 15 unspecified atom stereocenters. The number of methoxy groups -OCH3 is 3. The zero-order valence-corrected chi connectivity index (χ0v) is 42.1. The molecule has 0 radical (unpaired) electrons. The SMILES string of the molecule is COc1cc(C=CC(=O)OCC2OC(OC3=Cc4c(cc(O)cc4OC4OC(CO)C(O)C(O)C4O)OC3c3ccc(O)cc3)C(OC3OCC(O)C(O)C3OC(=O)C=Cc3cc(OC)c(O)c(OC)c3)C(O)C2O)ccc1O. The third-order valence-electron chi connectivity index (χ3n) is 13.0. The van der Waals surface area contributed by atoms with Crippen molar-refractivity contribution >= 4 is 30.2 Å². The van der Waals surface area contributed by atoms with Crippen LogP contribution in [0.5, 0.6) is 51.7 Å². The summed E-state index contributed by atoms with van der Waals surface area (Å²) in [4.78, 5) is 26.5. The van der Waals surface area contributed by atoms with Crippen LogP contribution in [0.15, 0.2) is 84.6 Å². The van der Waals surface area contributed by atoms with Gasteiger partial charge in [-0.15, -0.1) is 0 Å². The van der Waals surface area contributed by atoms with Crippen LogP contribution >= 0.6 is 0 Å². The summed E-state index contributed by atoms with van der Waals surface area (Å²) < 4.78 is 69.1. The van der Waals surface area contributed by atoms with Crippen LogP contribution in [0.2, 0.25) is 0 Å². The molecule has 4 aliphatic heterocycles. The Bertz CT molecular complexity index is 2850. The molecule has 3 saturated heterocycles. The lowest BCUT2D eigenvalue weighted by molar-refractivity contribution is -0.353. The van der Waals surface area contributed by atoms with Gasteiger partial charge in [0.25, 0.3) is 0 Å². The van der Waals surface area contributed by atoms with Gasteiger partial charge in [0.1, 0.15) is 90.3 Å². The average molecular weight is 1110 g/mol. The van der Waals surface area contributed by atoms with E-state index < -0.39 is 130 Å². The summed E-state index contributed by atoms with van der Waals surface area (Å²) in [6, 6.07) is 14.8. The molecule has 0 aliphatic carbocycles. The Hall–Kier alpha value is -7.44. The van der Waals surface area contributed by atoms with Crippen LogP contribution in [0, 0.1) is 0 Å². The lowest BCUT2D eigenvalue weighted by atomic mass is 9.97. The van der Waals surface area contributed by atoms with Crippen molar-refractivity contribution in [3.8, 4) is 51.7 Å².